The van der Waals surface area contributed by atoms with Gasteiger partial charge in [-0.3, -0.25) is 4.79 Å². The number of nitrogens with zero attached hydrogens (tertiary/aromatic N) is 3. The third kappa shape index (κ3) is 4.49. The van der Waals surface area contributed by atoms with Crippen molar-refractivity contribution < 1.29 is 18.6 Å². The fourth-order valence-corrected chi connectivity index (χ4v) is 1.94. The van der Waals surface area contributed by atoms with E-state index in [9.17, 15) is 9.18 Å². The van der Waals surface area contributed by atoms with Crippen LogP contribution in [0.5, 0.6) is 0 Å². The first kappa shape index (κ1) is 16.9. The van der Waals surface area contributed by atoms with E-state index in [0.29, 0.717) is 18.0 Å². The van der Waals surface area contributed by atoms with E-state index in [0.717, 1.165) is 0 Å². The van der Waals surface area contributed by atoms with Gasteiger partial charge in [0.15, 0.2) is 11.5 Å². The molecule has 0 amide bonds. The van der Waals surface area contributed by atoms with Crippen molar-refractivity contribution >= 4 is 29.1 Å². The summed E-state index contributed by atoms with van der Waals surface area (Å²) in [6.45, 7) is 2.02. The highest BCUT2D eigenvalue weighted by Gasteiger charge is 2.16. The number of carbonyl (C=O) groups excluding carboxylic acids is 1. The smallest absolute Gasteiger partial charge is 0.306 e. The van der Waals surface area contributed by atoms with Crippen molar-refractivity contribution in [2.75, 3.05) is 6.61 Å². The van der Waals surface area contributed by atoms with Gasteiger partial charge >= 0.3 is 5.97 Å². The minimum Gasteiger partial charge on any atom is -0.466 e. The molecule has 0 fully saturated rings. The van der Waals surface area contributed by atoms with E-state index in [-0.39, 0.29) is 35.4 Å². The Balaban J connectivity index is 2.15. The van der Waals surface area contributed by atoms with E-state index in [4.69, 9.17) is 22.1 Å². The number of aliphatic imine (C=N–C) groups is 1. The Hall–Kier alpha value is -2.48. The molecule has 0 aliphatic carbocycles. The van der Waals surface area contributed by atoms with Crippen molar-refractivity contribution in [3.63, 3.8) is 0 Å². The van der Waals surface area contributed by atoms with Gasteiger partial charge in [-0.2, -0.15) is 0 Å². The van der Waals surface area contributed by atoms with Crippen LogP contribution in [0.25, 0.3) is 0 Å². The molecule has 0 bridgehead atoms. The van der Waals surface area contributed by atoms with E-state index < -0.39 is 5.82 Å². The Labute approximate surface area is 136 Å². The number of carbonyl (C=O) groups is 1. The average molecular weight is 341 g/mol. The predicted molar refractivity (Wildman–Crippen MR) is 81.0 cm³/mol. The number of ether oxygens (including phenoxy) is 1. The van der Waals surface area contributed by atoms with Crippen LogP contribution in [-0.4, -0.2) is 28.7 Å². The maximum atomic E-state index is 13.1. The Bertz CT molecular complexity index is 733. The second-order valence-corrected chi connectivity index (χ2v) is 4.87. The SMILES string of the molecule is CCOC(=O)CCc1nonc1C(N)=Nc1ccc(F)c(Cl)c1. The van der Waals surface area contributed by atoms with Gasteiger partial charge in [0.25, 0.3) is 0 Å². The van der Waals surface area contributed by atoms with E-state index >= 15 is 0 Å². The monoisotopic (exact) mass is 340 g/mol. The van der Waals surface area contributed by atoms with Crippen LogP contribution in [0, 0.1) is 5.82 Å². The minimum absolute atomic E-state index is 0.0211. The number of nitrogens with two attached hydrogens (primary N) is 1. The van der Waals surface area contributed by atoms with Gasteiger partial charge < -0.3 is 10.5 Å². The molecule has 0 aliphatic rings. The standard InChI is InChI=1S/C14H14ClFN4O3/c1-2-22-12(21)6-5-11-13(20-23-19-11)14(17)18-8-3-4-10(16)9(15)7-8/h3-4,7H,2,5-6H2,1H3,(H2,17,18). The molecular weight excluding hydrogens is 327 g/mol. The highest BCUT2D eigenvalue weighted by molar-refractivity contribution is 6.31. The van der Waals surface area contributed by atoms with Gasteiger partial charge in [0.05, 0.1) is 23.7 Å². The van der Waals surface area contributed by atoms with Crippen LogP contribution in [0.2, 0.25) is 5.02 Å². The maximum absolute atomic E-state index is 13.1. The molecule has 0 saturated carbocycles. The molecule has 2 aromatic rings. The molecule has 1 aromatic heterocycles. The lowest BCUT2D eigenvalue weighted by Gasteiger charge is -2.01. The molecule has 2 N–H and O–H groups in total. The number of hydrogen-bond donors (Lipinski definition) is 1. The molecule has 7 nitrogen and oxygen atoms in total. The second kappa shape index (κ2) is 7.68. The third-order valence-corrected chi connectivity index (χ3v) is 3.11. The van der Waals surface area contributed by atoms with Crippen LogP contribution >= 0.6 is 11.6 Å². The topological polar surface area (TPSA) is 104 Å². The highest BCUT2D eigenvalue weighted by atomic mass is 35.5. The fraction of sp³-hybridized carbons (Fsp3) is 0.286. The van der Waals surface area contributed by atoms with Crippen LogP contribution in [-0.2, 0) is 16.0 Å². The van der Waals surface area contributed by atoms with Crippen molar-refractivity contribution in [1.29, 1.82) is 0 Å². The van der Waals surface area contributed by atoms with Crippen molar-refractivity contribution in [1.82, 2.24) is 10.3 Å². The molecule has 0 unspecified atom stereocenters. The van der Waals surface area contributed by atoms with Crippen LogP contribution in [0.4, 0.5) is 10.1 Å². The molecule has 23 heavy (non-hydrogen) atoms. The summed E-state index contributed by atoms with van der Waals surface area (Å²) in [4.78, 5) is 15.5. The lowest BCUT2D eigenvalue weighted by Crippen LogP contribution is -2.16. The normalized spacial score (nSPS) is 11.5. The van der Waals surface area contributed by atoms with Crippen molar-refractivity contribution in [2.45, 2.75) is 19.8 Å². The minimum atomic E-state index is -0.553. The predicted octanol–water partition coefficient (Wildman–Crippen LogP) is 2.39. The van der Waals surface area contributed by atoms with Gasteiger partial charge in [0, 0.05) is 6.42 Å². The third-order valence-electron chi connectivity index (χ3n) is 2.82. The number of benzene rings is 1. The molecule has 9 heteroatoms. The average Bonchev–Trinajstić information content (AvgIpc) is 2.98. The van der Waals surface area contributed by atoms with E-state index in [2.05, 4.69) is 19.9 Å². The van der Waals surface area contributed by atoms with Crippen LogP contribution in [0.3, 0.4) is 0 Å². The van der Waals surface area contributed by atoms with E-state index in [1.807, 2.05) is 0 Å². The molecule has 1 aromatic carbocycles. The van der Waals surface area contributed by atoms with Crippen LogP contribution in [0.15, 0.2) is 27.8 Å². The summed E-state index contributed by atoms with van der Waals surface area (Å²) in [6, 6.07) is 3.92. The van der Waals surface area contributed by atoms with Crippen LogP contribution in [0.1, 0.15) is 24.7 Å². The van der Waals surface area contributed by atoms with Crippen molar-refractivity contribution in [2.24, 2.45) is 10.7 Å². The first-order chi connectivity index (χ1) is 11.0. The van der Waals surface area contributed by atoms with Gasteiger partial charge in [0.2, 0.25) is 0 Å². The summed E-state index contributed by atoms with van der Waals surface area (Å²) >= 11 is 5.68. The highest BCUT2D eigenvalue weighted by Crippen LogP contribution is 2.22. The summed E-state index contributed by atoms with van der Waals surface area (Å²) in [5.41, 5.74) is 6.81. The van der Waals surface area contributed by atoms with E-state index in [1.54, 1.807) is 6.92 Å². The first-order valence-electron chi connectivity index (χ1n) is 6.78. The number of hydrogen-bond acceptors (Lipinski definition) is 6. The molecule has 2 rings (SSSR count). The van der Waals surface area contributed by atoms with Gasteiger partial charge in [-0.25, -0.2) is 14.0 Å². The molecule has 0 radical (unpaired) electrons. The zero-order chi connectivity index (χ0) is 16.8. The molecule has 0 atom stereocenters. The molecule has 1 heterocycles. The maximum Gasteiger partial charge on any atom is 0.306 e. The number of amidine groups is 1. The summed E-state index contributed by atoms with van der Waals surface area (Å²) in [6.07, 6.45) is 0.364. The lowest BCUT2D eigenvalue weighted by atomic mass is 10.2. The van der Waals surface area contributed by atoms with Gasteiger partial charge in [-0.15, -0.1) is 0 Å². The number of rotatable bonds is 6. The molecule has 0 saturated heterocycles. The zero-order valence-electron chi connectivity index (χ0n) is 12.3. The molecular formula is C14H14ClFN4O3. The first-order valence-corrected chi connectivity index (χ1v) is 7.15. The summed E-state index contributed by atoms with van der Waals surface area (Å²) < 4.78 is 22.6. The summed E-state index contributed by atoms with van der Waals surface area (Å²) in [5.74, 6) is -0.891. The molecule has 0 spiro atoms. The quantitative estimate of drug-likeness (QED) is 0.492. The Kier molecular flexibility index (Phi) is 5.64. The molecule has 0 aliphatic heterocycles. The number of aryl methyl sites for hydroxylation is 1. The summed E-state index contributed by atoms with van der Waals surface area (Å²) in [7, 11) is 0. The van der Waals surface area contributed by atoms with Gasteiger partial charge in [-0.05, 0) is 30.3 Å². The Morgan fingerprint density at radius 1 is 1.48 bits per heavy atom. The fourth-order valence-electron chi connectivity index (χ4n) is 1.77. The Morgan fingerprint density at radius 3 is 2.96 bits per heavy atom. The largest absolute Gasteiger partial charge is 0.466 e. The second-order valence-electron chi connectivity index (χ2n) is 4.46. The summed E-state index contributed by atoms with van der Waals surface area (Å²) in [5, 5.41) is 7.31. The zero-order valence-corrected chi connectivity index (χ0v) is 13.0. The number of esters is 1. The van der Waals surface area contributed by atoms with Crippen LogP contribution < -0.4 is 5.73 Å². The molecule has 122 valence electrons. The number of halogens is 2. The van der Waals surface area contributed by atoms with Gasteiger partial charge in [-0.1, -0.05) is 16.8 Å². The van der Waals surface area contributed by atoms with Gasteiger partial charge in [0.1, 0.15) is 11.5 Å². The van der Waals surface area contributed by atoms with E-state index in [1.165, 1.54) is 18.2 Å². The Morgan fingerprint density at radius 2 is 2.26 bits per heavy atom. The lowest BCUT2D eigenvalue weighted by molar-refractivity contribution is -0.143. The number of aromatic nitrogens is 2. The van der Waals surface area contributed by atoms with Crippen molar-refractivity contribution in [3.05, 3.63) is 40.4 Å². The van der Waals surface area contributed by atoms with Crippen molar-refractivity contribution in [3.8, 4) is 0 Å².